The number of rotatable bonds is 4. The molecule has 0 fully saturated rings. The fourth-order valence-corrected chi connectivity index (χ4v) is 1.85. The van der Waals surface area contributed by atoms with Crippen LogP contribution >= 0.6 is 15.9 Å². The van der Waals surface area contributed by atoms with Crippen molar-refractivity contribution in [3.8, 4) is 11.5 Å². The molecule has 0 atom stereocenters. The van der Waals surface area contributed by atoms with E-state index >= 15 is 0 Å². The second-order valence-corrected chi connectivity index (χ2v) is 4.48. The number of para-hydroxylation sites is 1. The fourth-order valence-electron chi connectivity index (χ4n) is 1.48. The first-order valence-corrected chi connectivity index (χ1v) is 6.07. The number of halogens is 1. The minimum absolute atomic E-state index is 0.130. The number of nitro benzene ring substituents is 1. The Morgan fingerprint density at radius 1 is 1.16 bits per heavy atom. The normalized spacial score (nSPS) is 9.95. The molecule has 96 valence electrons. The zero-order valence-electron chi connectivity index (χ0n) is 9.58. The molecule has 19 heavy (non-hydrogen) atoms. The van der Waals surface area contributed by atoms with E-state index < -0.39 is 4.92 Å². The molecule has 0 N–H and O–H groups in total. The van der Waals surface area contributed by atoms with Crippen LogP contribution in [-0.4, -0.2) is 11.2 Å². The maximum absolute atomic E-state index is 11.0. The Bertz CT molecular complexity index is 642. The molecule has 0 aromatic heterocycles. The highest BCUT2D eigenvalue weighted by Crippen LogP contribution is 2.32. The first-order chi connectivity index (χ1) is 9.11. The van der Waals surface area contributed by atoms with Crippen molar-refractivity contribution in [2.24, 2.45) is 0 Å². The summed E-state index contributed by atoms with van der Waals surface area (Å²) in [7, 11) is 0. The highest BCUT2D eigenvalue weighted by atomic mass is 79.9. The van der Waals surface area contributed by atoms with Gasteiger partial charge in [0.1, 0.15) is 11.5 Å². The number of aldehydes is 1. The third-order valence-corrected chi connectivity index (χ3v) is 3.04. The maximum Gasteiger partial charge on any atom is 0.270 e. The molecule has 0 amide bonds. The van der Waals surface area contributed by atoms with E-state index in [9.17, 15) is 14.9 Å². The molecule has 0 radical (unpaired) electrons. The molecule has 0 aliphatic carbocycles. The molecule has 2 rings (SSSR count). The largest absolute Gasteiger partial charge is 0.455 e. The molecule has 0 unspecified atom stereocenters. The highest BCUT2D eigenvalue weighted by molar-refractivity contribution is 9.10. The zero-order valence-corrected chi connectivity index (χ0v) is 11.2. The van der Waals surface area contributed by atoms with Gasteiger partial charge in [0.05, 0.1) is 15.0 Å². The molecule has 0 saturated carbocycles. The minimum atomic E-state index is -0.560. The van der Waals surface area contributed by atoms with Crippen molar-refractivity contribution in [3.05, 3.63) is 62.6 Å². The Morgan fingerprint density at radius 3 is 2.53 bits per heavy atom. The maximum atomic E-state index is 11.0. The topological polar surface area (TPSA) is 69.4 Å². The summed E-state index contributed by atoms with van der Waals surface area (Å²) in [5.74, 6) is 0.798. The first kappa shape index (κ1) is 13.2. The van der Waals surface area contributed by atoms with Crippen LogP contribution in [0.2, 0.25) is 0 Å². The van der Waals surface area contributed by atoms with Crippen LogP contribution < -0.4 is 4.74 Å². The standard InChI is InChI=1S/C13H8BrNO4/c14-11-3-1-2-4-13(11)19-12-6-5-10(15(17)18)7-9(12)8-16/h1-8H. The predicted molar refractivity (Wildman–Crippen MR) is 72.7 cm³/mol. The predicted octanol–water partition coefficient (Wildman–Crippen LogP) is 3.96. The summed E-state index contributed by atoms with van der Waals surface area (Å²) in [6, 6.07) is 11.0. The number of nitro groups is 1. The third kappa shape index (κ3) is 2.97. The van der Waals surface area contributed by atoms with Gasteiger partial charge in [0.2, 0.25) is 0 Å². The van der Waals surface area contributed by atoms with E-state index in [2.05, 4.69) is 15.9 Å². The second-order valence-electron chi connectivity index (χ2n) is 3.63. The number of nitrogens with zero attached hydrogens (tertiary/aromatic N) is 1. The van der Waals surface area contributed by atoms with Gasteiger partial charge in [-0.3, -0.25) is 14.9 Å². The zero-order chi connectivity index (χ0) is 13.8. The Kier molecular flexibility index (Phi) is 3.91. The number of hydrogen-bond acceptors (Lipinski definition) is 4. The van der Waals surface area contributed by atoms with E-state index in [-0.39, 0.29) is 17.0 Å². The SMILES string of the molecule is O=Cc1cc([N+](=O)[O-])ccc1Oc1ccccc1Br. The second kappa shape index (κ2) is 5.62. The van der Waals surface area contributed by atoms with Crippen molar-refractivity contribution in [1.29, 1.82) is 0 Å². The van der Waals surface area contributed by atoms with Crippen molar-refractivity contribution in [2.45, 2.75) is 0 Å². The van der Waals surface area contributed by atoms with Crippen LogP contribution in [0.3, 0.4) is 0 Å². The van der Waals surface area contributed by atoms with Gasteiger partial charge < -0.3 is 4.74 Å². The Balaban J connectivity index is 2.38. The first-order valence-electron chi connectivity index (χ1n) is 5.28. The lowest BCUT2D eigenvalue weighted by molar-refractivity contribution is -0.384. The average molecular weight is 322 g/mol. The van der Waals surface area contributed by atoms with Crippen LogP contribution in [0, 0.1) is 10.1 Å². The van der Waals surface area contributed by atoms with E-state index in [0.717, 1.165) is 4.47 Å². The van der Waals surface area contributed by atoms with E-state index in [1.54, 1.807) is 18.2 Å². The summed E-state index contributed by atoms with van der Waals surface area (Å²) in [5, 5.41) is 10.6. The highest BCUT2D eigenvalue weighted by Gasteiger charge is 2.12. The third-order valence-electron chi connectivity index (χ3n) is 2.39. The van der Waals surface area contributed by atoms with Gasteiger partial charge in [-0.25, -0.2) is 0 Å². The summed E-state index contributed by atoms with van der Waals surface area (Å²) in [6.07, 6.45) is 0.527. The van der Waals surface area contributed by atoms with Crippen LogP contribution in [0.15, 0.2) is 46.9 Å². The molecule has 0 spiro atoms. The van der Waals surface area contributed by atoms with Crippen molar-refractivity contribution in [3.63, 3.8) is 0 Å². The lowest BCUT2D eigenvalue weighted by Gasteiger charge is -2.09. The van der Waals surface area contributed by atoms with E-state index in [4.69, 9.17) is 4.74 Å². The van der Waals surface area contributed by atoms with Gasteiger partial charge in [-0.2, -0.15) is 0 Å². The quantitative estimate of drug-likeness (QED) is 0.485. The Hall–Kier alpha value is -2.21. The van der Waals surface area contributed by atoms with Gasteiger partial charge in [-0.05, 0) is 34.1 Å². The van der Waals surface area contributed by atoms with E-state index in [0.29, 0.717) is 12.0 Å². The van der Waals surface area contributed by atoms with Crippen molar-refractivity contribution in [1.82, 2.24) is 0 Å². The van der Waals surface area contributed by atoms with Crippen molar-refractivity contribution in [2.75, 3.05) is 0 Å². The van der Waals surface area contributed by atoms with Gasteiger partial charge in [0, 0.05) is 12.1 Å². The number of hydrogen-bond donors (Lipinski definition) is 0. The van der Waals surface area contributed by atoms with E-state index in [1.807, 2.05) is 6.07 Å². The Labute approximate surface area is 117 Å². The number of non-ortho nitro benzene ring substituents is 1. The molecule has 2 aromatic rings. The summed E-state index contributed by atoms with van der Waals surface area (Å²) < 4.78 is 6.29. The Morgan fingerprint density at radius 2 is 1.89 bits per heavy atom. The number of carbonyl (C=O) groups is 1. The molecular formula is C13H8BrNO4. The monoisotopic (exact) mass is 321 g/mol. The van der Waals surface area contributed by atoms with Crippen LogP contribution in [0.4, 0.5) is 5.69 Å². The van der Waals surface area contributed by atoms with Gasteiger partial charge in [0.25, 0.3) is 5.69 Å². The van der Waals surface area contributed by atoms with Gasteiger partial charge >= 0.3 is 0 Å². The van der Waals surface area contributed by atoms with Gasteiger partial charge in [-0.1, -0.05) is 12.1 Å². The summed E-state index contributed by atoms with van der Waals surface area (Å²) in [4.78, 5) is 21.0. The summed E-state index contributed by atoms with van der Waals surface area (Å²) >= 11 is 3.32. The molecule has 0 bridgehead atoms. The average Bonchev–Trinajstić information content (AvgIpc) is 2.41. The summed E-state index contributed by atoms with van der Waals surface area (Å²) in [6.45, 7) is 0. The van der Waals surface area contributed by atoms with Crippen LogP contribution in [0.5, 0.6) is 11.5 Å². The number of ether oxygens (including phenoxy) is 1. The lowest BCUT2D eigenvalue weighted by Crippen LogP contribution is -1.94. The van der Waals surface area contributed by atoms with Crippen LogP contribution in [-0.2, 0) is 0 Å². The smallest absolute Gasteiger partial charge is 0.270 e. The van der Waals surface area contributed by atoms with Gasteiger partial charge in [-0.15, -0.1) is 0 Å². The molecule has 0 aliphatic rings. The summed E-state index contributed by atoms with van der Waals surface area (Å²) in [5.41, 5.74) is -0.0217. The molecular weight excluding hydrogens is 314 g/mol. The van der Waals surface area contributed by atoms with Crippen LogP contribution in [0.25, 0.3) is 0 Å². The molecule has 5 nitrogen and oxygen atoms in total. The minimum Gasteiger partial charge on any atom is -0.455 e. The molecule has 0 saturated heterocycles. The van der Waals surface area contributed by atoms with Crippen molar-refractivity contribution >= 4 is 27.9 Å². The van der Waals surface area contributed by atoms with E-state index in [1.165, 1.54) is 18.2 Å². The lowest BCUT2D eigenvalue weighted by atomic mass is 10.2. The molecule has 0 aliphatic heterocycles. The van der Waals surface area contributed by atoms with Crippen molar-refractivity contribution < 1.29 is 14.5 Å². The molecule has 2 aromatic carbocycles. The van der Waals surface area contributed by atoms with Crippen LogP contribution in [0.1, 0.15) is 10.4 Å². The van der Waals surface area contributed by atoms with Gasteiger partial charge in [0.15, 0.2) is 6.29 Å². The molecule has 6 heteroatoms. The fraction of sp³-hybridized carbons (Fsp3) is 0. The number of benzene rings is 2. The molecule has 0 heterocycles. The number of carbonyl (C=O) groups excluding carboxylic acids is 1.